The standard InChI is InChI=1S/C6H8O10S/c7-2(8)1-6(13,5(11)12)3(4(9)10)17(14,15)16/h3,13H,1H2,(H,7,8)(H,9,10)(H,11,12)(H,14,15,16). The second-order valence-electron chi connectivity index (χ2n) is 3.03. The highest BCUT2D eigenvalue weighted by Gasteiger charge is 2.56. The Morgan fingerprint density at radius 3 is 1.71 bits per heavy atom. The molecule has 0 saturated heterocycles. The molecule has 11 heteroatoms. The number of carbonyl (C=O) groups is 3. The van der Waals surface area contributed by atoms with Crippen molar-refractivity contribution < 1.29 is 47.8 Å². The monoisotopic (exact) mass is 272 g/mol. The van der Waals surface area contributed by atoms with Crippen molar-refractivity contribution in [1.82, 2.24) is 0 Å². The molecule has 0 aliphatic rings. The lowest BCUT2D eigenvalue weighted by Crippen LogP contribution is -2.57. The van der Waals surface area contributed by atoms with Gasteiger partial charge in [-0.2, -0.15) is 8.42 Å². The van der Waals surface area contributed by atoms with Crippen molar-refractivity contribution in [3.05, 3.63) is 0 Å². The fourth-order valence-electron chi connectivity index (χ4n) is 1.09. The molecular weight excluding hydrogens is 264 g/mol. The minimum atomic E-state index is -5.51. The summed E-state index contributed by atoms with van der Waals surface area (Å²) in [4.78, 5) is 31.4. The maximum Gasteiger partial charge on any atom is 0.338 e. The van der Waals surface area contributed by atoms with Crippen LogP contribution in [0.2, 0.25) is 0 Å². The van der Waals surface area contributed by atoms with Crippen LogP contribution < -0.4 is 0 Å². The molecule has 0 amide bonds. The molecule has 2 unspecified atom stereocenters. The van der Waals surface area contributed by atoms with Crippen LogP contribution in [0.4, 0.5) is 0 Å². The third-order valence-corrected chi connectivity index (χ3v) is 2.93. The molecule has 98 valence electrons. The van der Waals surface area contributed by atoms with Gasteiger partial charge in [0.15, 0.2) is 0 Å². The normalized spacial score (nSPS) is 16.8. The number of carboxylic acid groups (broad SMARTS) is 3. The van der Waals surface area contributed by atoms with Gasteiger partial charge in [-0.15, -0.1) is 0 Å². The molecular formula is C6H8O10S. The Labute approximate surface area is 93.9 Å². The highest BCUT2D eigenvalue weighted by molar-refractivity contribution is 7.87. The number of hydrogen-bond donors (Lipinski definition) is 5. The van der Waals surface area contributed by atoms with Gasteiger partial charge in [0, 0.05) is 0 Å². The average Bonchev–Trinajstić information content (AvgIpc) is 1.96. The van der Waals surface area contributed by atoms with Crippen molar-refractivity contribution in [2.24, 2.45) is 0 Å². The molecule has 0 radical (unpaired) electrons. The summed E-state index contributed by atoms with van der Waals surface area (Å²) in [6.07, 6.45) is -1.71. The van der Waals surface area contributed by atoms with Crippen molar-refractivity contribution in [1.29, 1.82) is 0 Å². The van der Waals surface area contributed by atoms with E-state index in [-0.39, 0.29) is 0 Å². The van der Waals surface area contributed by atoms with E-state index >= 15 is 0 Å². The van der Waals surface area contributed by atoms with Gasteiger partial charge in [-0.3, -0.25) is 14.1 Å². The van der Waals surface area contributed by atoms with E-state index in [1.54, 1.807) is 0 Å². The molecule has 0 bridgehead atoms. The molecule has 0 aromatic carbocycles. The molecule has 0 saturated carbocycles. The highest BCUT2D eigenvalue weighted by atomic mass is 32.2. The fraction of sp³-hybridized carbons (Fsp3) is 0.500. The van der Waals surface area contributed by atoms with Gasteiger partial charge in [-0.05, 0) is 0 Å². The third-order valence-electron chi connectivity index (χ3n) is 1.75. The summed E-state index contributed by atoms with van der Waals surface area (Å²) in [7, 11) is -5.51. The summed E-state index contributed by atoms with van der Waals surface area (Å²) >= 11 is 0. The van der Waals surface area contributed by atoms with Crippen LogP contribution in [0.25, 0.3) is 0 Å². The molecule has 5 N–H and O–H groups in total. The zero-order chi connectivity index (χ0) is 14.0. The number of carboxylic acids is 3. The summed E-state index contributed by atoms with van der Waals surface area (Å²) in [5.74, 6) is -6.74. The van der Waals surface area contributed by atoms with Crippen molar-refractivity contribution in [3.63, 3.8) is 0 Å². The predicted octanol–water partition coefficient (Wildman–Crippen LogP) is -2.38. The van der Waals surface area contributed by atoms with Gasteiger partial charge in [-0.25, -0.2) is 4.79 Å². The van der Waals surface area contributed by atoms with Gasteiger partial charge >= 0.3 is 17.9 Å². The van der Waals surface area contributed by atoms with E-state index < -0.39 is 45.3 Å². The number of rotatable bonds is 6. The van der Waals surface area contributed by atoms with Gasteiger partial charge in [0.05, 0.1) is 6.42 Å². The van der Waals surface area contributed by atoms with E-state index in [9.17, 15) is 27.9 Å². The van der Waals surface area contributed by atoms with E-state index in [0.29, 0.717) is 0 Å². The molecule has 0 spiro atoms. The second kappa shape index (κ2) is 4.65. The summed E-state index contributed by atoms with van der Waals surface area (Å²) in [5, 5.41) is 31.4. The van der Waals surface area contributed by atoms with Crippen LogP contribution in [0.5, 0.6) is 0 Å². The minimum Gasteiger partial charge on any atom is -0.481 e. The minimum absolute atomic E-state index is 1.71. The maximum absolute atomic E-state index is 10.7. The number of hydrogen-bond acceptors (Lipinski definition) is 6. The molecule has 0 rings (SSSR count). The lowest BCUT2D eigenvalue weighted by Gasteiger charge is -2.25. The molecule has 2 atom stereocenters. The van der Waals surface area contributed by atoms with E-state index in [4.69, 9.17) is 19.9 Å². The summed E-state index contributed by atoms with van der Waals surface area (Å²) in [5.41, 5.74) is -3.68. The Morgan fingerprint density at radius 1 is 1.12 bits per heavy atom. The Hall–Kier alpha value is -1.72. The van der Waals surface area contributed by atoms with Crippen molar-refractivity contribution in [2.75, 3.05) is 0 Å². The number of aliphatic carboxylic acids is 3. The van der Waals surface area contributed by atoms with Gasteiger partial charge in [-0.1, -0.05) is 0 Å². The van der Waals surface area contributed by atoms with Crippen LogP contribution in [0, 0.1) is 0 Å². The van der Waals surface area contributed by atoms with E-state index in [0.717, 1.165) is 0 Å². The third kappa shape index (κ3) is 3.37. The summed E-state index contributed by atoms with van der Waals surface area (Å²) in [6, 6.07) is 0. The van der Waals surface area contributed by atoms with Crippen LogP contribution in [0.15, 0.2) is 0 Å². The zero-order valence-electron chi connectivity index (χ0n) is 7.97. The lowest BCUT2D eigenvalue weighted by atomic mass is 9.95. The molecule has 0 aromatic rings. The molecule has 10 nitrogen and oxygen atoms in total. The molecule has 0 aliphatic heterocycles. The van der Waals surface area contributed by atoms with Crippen LogP contribution in [0.3, 0.4) is 0 Å². The van der Waals surface area contributed by atoms with E-state index in [2.05, 4.69) is 0 Å². The Bertz CT molecular complexity index is 449. The molecule has 17 heavy (non-hydrogen) atoms. The number of aliphatic hydroxyl groups is 1. The predicted molar refractivity (Wildman–Crippen MR) is 47.8 cm³/mol. The SMILES string of the molecule is O=C(O)CC(O)(C(=O)O)C(C(=O)O)S(=O)(=O)O. The van der Waals surface area contributed by atoms with E-state index in [1.807, 2.05) is 0 Å². The average molecular weight is 272 g/mol. The molecule has 0 fully saturated rings. The van der Waals surface area contributed by atoms with Crippen LogP contribution in [-0.4, -0.2) is 62.2 Å². The van der Waals surface area contributed by atoms with Crippen LogP contribution >= 0.6 is 0 Å². The van der Waals surface area contributed by atoms with Gasteiger partial charge in [0.25, 0.3) is 10.1 Å². The Kier molecular flexibility index (Phi) is 4.18. The van der Waals surface area contributed by atoms with Gasteiger partial charge in [0.1, 0.15) is 0 Å². The fourth-order valence-corrected chi connectivity index (χ4v) is 2.02. The van der Waals surface area contributed by atoms with Crippen LogP contribution in [-0.2, 0) is 24.5 Å². The van der Waals surface area contributed by atoms with Gasteiger partial charge in [0.2, 0.25) is 10.9 Å². The first kappa shape index (κ1) is 15.3. The highest BCUT2D eigenvalue weighted by Crippen LogP contribution is 2.22. The summed E-state index contributed by atoms with van der Waals surface area (Å²) in [6.45, 7) is 0. The second-order valence-corrected chi connectivity index (χ2v) is 4.53. The van der Waals surface area contributed by atoms with Gasteiger partial charge < -0.3 is 20.4 Å². The Morgan fingerprint density at radius 2 is 1.53 bits per heavy atom. The van der Waals surface area contributed by atoms with Crippen molar-refractivity contribution >= 4 is 28.0 Å². The van der Waals surface area contributed by atoms with E-state index in [1.165, 1.54) is 0 Å². The lowest BCUT2D eigenvalue weighted by molar-refractivity contribution is -0.169. The van der Waals surface area contributed by atoms with Crippen molar-refractivity contribution in [2.45, 2.75) is 17.3 Å². The molecule has 0 aromatic heterocycles. The molecule has 0 heterocycles. The van der Waals surface area contributed by atoms with Crippen molar-refractivity contribution in [3.8, 4) is 0 Å². The first-order chi connectivity index (χ1) is 7.43. The maximum atomic E-state index is 10.7. The smallest absolute Gasteiger partial charge is 0.338 e. The quantitative estimate of drug-likeness (QED) is 0.326. The largest absolute Gasteiger partial charge is 0.481 e. The summed E-state index contributed by atoms with van der Waals surface area (Å²) < 4.78 is 29.8. The van der Waals surface area contributed by atoms with Crippen LogP contribution in [0.1, 0.15) is 6.42 Å². The topological polar surface area (TPSA) is 186 Å². The zero-order valence-corrected chi connectivity index (χ0v) is 8.79. The molecule has 0 aliphatic carbocycles. The first-order valence-electron chi connectivity index (χ1n) is 3.79. The Balaban J connectivity index is 5.81. The first-order valence-corrected chi connectivity index (χ1v) is 5.30.